The van der Waals surface area contributed by atoms with Crippen LogP contribution in [0.4, 0.5) is 0 Å². The van der Waals surface area contributed by atoms with E-state index < -0.39 is 12.0 Å². The minimum atomic E-state index is -0.712. The molecular formula is C13H21NO2. The number of carbonyl (C=O) groups is 1. The normalized spacial score (nSPS) is 46.9. The van der Waals surface area contributed by atoms with Crippen molar-refractivity contribution in [3.63, 3.8) is 0 Å². The number of hydrogen-bond donors (Lipinski definition) is 2. The van der Waals surface area contributed by atoms with E-state index in [0.717, 1.165) is 17.8 Å². The highest BCUT2D eigenvalue weighted by Gasteiger charge is 2.51. The van der Waals surface area contributed by atoms with Gasteiger partial charge in [-0.1, -0.05) is 0 Å². The molecule has 0 aromatic carbocycles. The van der Waals surface area contributed by atoms with Crippen LogP contribution in [0.3, 0.4) is 0 Å². The number of hydrogen-bond acceptors (Lipinski definition) is 2. The smallest absolute Gasteiger partial charge is 0.320 e. The van der Waals surface area contributed by atoms with Crippen LogP contribution >= 0.6 is 0 Å². The Labute approximate surface area is 96.6 Å². The Hall–Kier alpha value is -0.570. The van der Waals surface area contributed by atoms with E-state index in [2.05, 4.69) is 5.32 Å². The highest BCUT2D eigenvalue weighted by atomic mass is 16.4. The van der Waals surface area contributed by atoms with E-state index in [1.165, 1.54) is 38.5 Å². The lowest BCUT2D eigenvalue weighted by Gasteiger charge is -2.57. The molecule has 0 saturated heterocycles. The molecule has 0 aliphatic heterocycles. The first kappa shape index (κ1) is 10.6. The number of aliphatic carboxylic acids is 1. The van der Waals surface area contributed by atoms with Crippen LogP contribution in [0.25, 0.3) is 0 Å². The summed E-state index contributed by atoms with van der Waals surface area (Å²) in [4.78, 5) is 11.0. The van der Waals surface area contributed by atoms with E-state index in [9.17, 15) is 4.79 Å². The lowest BCUT2D eigenvalue weighted by atomic mass is 9.53. The molecule has 4 saturated carbocycles. The lowest BCUT2D eigenvalue weighted by Crippen LogP contribution is -2.61. The molecule has 0 amide bonds. The fraction of sp³-hybridized carbons (Fsp3) is 0.923. The van der Waals surface area contributed by atoms with E-state index in [4.69, 9.17) is 5.11 Å². The molecule has 90 valence electrons. The monoisotopic (exact) mass is 223 g/mol. The van der Waals surface area contributed by atoms with Gasteiger partial charge in [0.15, 0.2) is 0 Å². The van der Waals surface area contributed by atoms with Crippen LogP contribution in [0, 0.1) is 17.8 Å². The molecule has 4 rings (SSSR count). The lowest BCUT2D eigenvalue weighted by molar-refractivity contribution is -0.140. The first-order valence-electron chi connectivity index (χ1n) is 6.57. The number of nitrogens with one attached hydrogen (secondary N) is 1. The molecule has 0 unspecified atom stereocenters. The van der Waals surface area contributed by atoms with Gasteiger partial charge in [-0.15, -0.1) is 0 Å². The number of rotatable bonds is 3. The summed E-state index contributed by atoms with van der Waals surface area (Å²) in [5.41, 5.74) is 0.173. The maximum absolute atomic E-state index is 11.0. The van der Waals surface area contributed by atoms with Crippen LogP contribution in [-0.4, -0.2) is 22.7 Å². The third kappa shape index (κ3) is 1.65. The Morgan fingerprint density at radius 2 is 1.62 bits per heavy atom. The van der Waals surface area contributed by atoms with Crippen LogP contribution in [0.1, 0.15) is 45.4 Å². The Morgan fingerprint density at radius 1 is 1.19 bits per heavy atom. The fourth-order valence-corrected chi connectivity index (χ4v) is 4.81. The molecule has 0 aromatic rings. The van der Waals surface area contributed by atoms with Gasteiger partial charge in [0, 0.05) is 5.54 Å². The minimum Gasteiger partial charge on any atom is -0.480 e. The molecule has 2 N–H and O–H groups in total. The average molecular weight is 223 g/mol. The first-order valence-corrected chi connectivity index (χ1v) is 6.57. The summed E-state index contributed by atoms with van der Waals surface area (Å²) in [6, 6.07) is -0.392. The summed E-state index contributed by atoms with van der Waals surface area (Å²) in [6.45, 7) is 1.78. The summed E-state index contributed by atoms with van der Waals surface area (Å²) in [5.74, 6) is 1.91. The summed E-state index contributed by atoms with van der Waals surface area (Å²) in [7, 11) is 0. The summed E-state index contributed by atoms with van der Waals surface area (Å²) < 4.78 is 0. The standard InChI is InChI=1S/C13H21NO2/c1-8(12(15)16)14-13-5-9-2-10(6-13)4-11(3-9)7-13/h8-11,14H,2-7H2,1H3,(H,15,16)/t8-,9?,10?,11?,13?/m1/s1. The van der Waals surface area contributed by atoms with Crippen molar-refractivity contribution >= 4 is 5.97 Å². The van der Waals surface area contributed by atoms with Crippen LogP contribution < -0.4 is 5.32 Å². The van der Waals surface area contributed by atoms with Crippen molar-refractivity contribution in [3.05, 3.63) is 0 Å². The molecule has 4 aliphatic rings. The first-order chi connectivity index (χ1) is 7.56. The van der Waals surface area contributed by atoms with Gasteiger partial charge in [0.05, 0.1) is 0 Å². The maximum Gasteiger partial charge on any atom is 0.320 e. The predicted octanol–water partition coefficient (Wildman–Crippen LogP) is 2.02. The molecule has 0 spiro atoms. The van der Waals surface area contributed by atoms with Gasteiger partial charge in [-0.3, -0.25) is 10.1 Å². The van der Waals surface area contributed by atoms with E-state index >= 15 is 0 Å². The second-order valence-corrected chi connectivity index (χ2v) is 6.40. The Bertz CT molecular complexity index is 278. The van der Waals surface area contributed by atoms with Crippen molar-refractivity contribution in [2.24, 2.45) is 17.8 Å². The molecule has 0 heterocycles. The van der Waals surface area contributed by atoms with Crippen molar-refractivity contribution in [1.82, 2.24) is 5.32 Å². The van der Waals surface area contributed by atoms with E-state index in [1.54, 1.807) is 6.92 Å². The van der Waals surface area contributed by atoms with Gasteiger partial charge >= 0.3 is 5.97 Å². The van der Waals surface area contributed by atoms with Crippen LogP contribution in [0.15, 0.2) is 0 Å². The van der Waals surface area contributed by atoms with Crippen LogP contribution in [0.5, 0.6) is 0 Å². The molecule has 0 aromatic heterocycles. The van der Waals surface area contributed by atoms with Crippen molar-refractivity contribution < 1.29 is 9.90 Å². The summed E-state index contributed by atoms with van der Waals surface area (Å²) in [5, 5.41) is 12.4. The van der Waals surface area contributed by atoms with Crippen LogP contribution in [0.2, 0.25) is 0 Å². The minimum absolute atomic E-state index is 0.173. The van der Waals surface area contributed by atoms with E-state index in [1.807, 2.05) is 0 Å². The molecule has 4 aliphatic carbocycles. The highest BCUT2D eigenvalue weighted by Crippen LogP contribution is 2.55. The van der Waals surface area contributed by atoms with Gasteiger partial charge in [0.1, 0.15) is 6.04 Å². The van der Waals surface area contributed by atoms with Crippen molar-refractivity contribution in [3.8, 4) is 0 Å². The summed E-state index contributed by atoms with van der Waals surface area (Å²) in [6.07, 6.45) is 7.87. The van der Waals surface area contributed by atoms with E-state index in [-0.39, 0.29) is 5.54 Å². The topological polar surface area (TPSA) is 49.3 Å². The third-order valence-corrected chi connectivity index (χ3v) is 4.93. The molecule has 16 heavy (non-hydrogen) atoms. The quantitative estimate of drug-likeness (QED) is 0.769. The molecule has 0 radical (unpaired) electrons. The molecule has 1 atom stereocenters. The SMILES string of the molecule is C[C@@H](NC12CC3CC(CC(C3)C1)C2)C(=O)O. The van der Waals surface area contributed by atoms with Crippen molar-refractivity contribution in [2.45, 2.75) is 57.0 Å². The number of carboxylic acid groups (broad SMARTS) is 1. The largest absolute Gasteiger partial charge is 0.480 e. The Morgan fingerprint density at radius 3 is 2.00 bits per heavy atom. The van der Waals surface area contributed by atoms with Crippen molar-refractivity contribution in [2.75, 3.05) is 0 Å². The van der Waals surface area contributed by atoms with Gasteiger partial charge < -0.3 is 5.11 Å². The van der Waals surface area contributed by atoms with Gasteiger partial charge in [0.25, 0.3) is 0 Å². The van der Waals surface area contributed by atoms with Crippen LogP contribution in [-0.2, 0) is 4.79 Å². The fourth-order valence-electron chi connectivity index (χ4n) is 4.81. The maximum atomic E-state index is 11.0. The average Bonchev–Trinajstić information content (AvgIpc) is 2.13. The number of carboxylic acids is 1. The molecule has 3 nitrogen and oxygen atoms in total. The Kier molecular flexibility index (Phi) is 2.29. The van der Waals surface area contributed by atoms with E-state index in [0.29, 0.717) is 0 Å². The third-order valence-electron chi connectivity index (χ3n) is 4.93. The highest BCUT2D eigenvalue weighted by molar-refractivity contribution is 5.73. The van der Waals surface area contributed by atoms with Gasteiger partial charge in [-0.05, 0) is 63.2 Å². The molecular weight excluding hydrogens is 202 g/mol. The molecule has 4 fully saturated rings. The zero-order chi connectivity index (χ0) is 11.3. The second-order valence-electron chi connectivity index (χ2n) is 6.40. The van der Waals surface area contributed by atoms with Gasteiger partial charge in [-0.2, -0.15) is 0 Å². The molecule has 4 bridgehead atoms. The summed E-state index contributed by atoms with van der Waals surface area (Å²) >= 11 is 0. The Balaban J connectivity index is 1.76. The predicted molar refractivity (Wildman–Crippen MR) is 61.1 cm³/mol. The van der Waals surface area contributed by atoms with Gasteiger partial charge in [0.2, 0.25) is 0 Å². The zero-order valence-corrected chi connectivity index (χ0v) is 9.91. The van der Waals surface area contributed by atoms with Crippen molar-refractivity contribution in [1.29, 1.82) is 0 Å². The molecule has 3 heteroatoms. The van der Waals surface area contributed by atoms with Gasteiger partial charge in [-0.25, -0.2) is 0 Å². The zero-order valence-electron chi connectivity index (χ0n) is 9.91. The second kappa shape index (κ2) is 3.46.